The van der Waals surface area contributed by atoms with E-state index >= 15 is 0 Å². The maximum absolute atomic E-state index is 13.5. The van der Waals surface area contributed by atoms with Crippen molar-refractivity contribution in [1.29, 1.82) is 0 Å². The van der Waals surface area contributed by atoms with Crippen molar-refractivity contribution in [2.24, 2.45) is 0 Å². The van der Waals surface area contributed by atoms with Crippen molar-refractivity contribution in [1.82, 2.24) is 9.21 Å². The number of halogens is 3. The summed E-state index contributed by atoms with van der Waals surface area (Å²) < 4.78 is 58.4. The third kappa shape index (κ3) is 5.27. The van der Waals surface area contributed by atoms with Crippen molar-refractivity contribution in [3.63, 3.8) is 0 Å². The average Bonchev–Trinajstić information content (AvgIpc) is 2.72. The van der Waals surface area contributed by atoms with Gasteiger partial charge >= 0.3 is 0 Å². The number of hydrogen-bond donors (Lipinski definition) is 0. The van der Waals surface area contributed by atoms with Crippen LogP contribution in [0, 0.1) is 11.6 Å². The first kappa shape index (κ1) is 22.5. The SMILES string of the molecule is O=C(CCCOc1ccc(F)cc1F)N1CCN(S(=O)(=O)c2ccccc2Cl)CC1. The molecule has 1 aliphatic heterocycles. The van der Waals surface area contributed by atoms with Crippen LogP contribution >= 0.6 is 11.6 Å². The van der Waals surface area contributed by atoms with Gasteiger partial charge in [-0.2, -0.15) is 4.31 Å². The van der Waals surface area contributed by atoms with Crippen LogP contribution in [0.5, 0.6) is 5.75 Å². The predicted octanol–water partition coefficient (Wildman–Crippen LogP) is 3.31. The van der Waals surface area contributed by atoms with Crippen molar-refractivity contribution in [2.75, 3.05) is 32.8 Å². The molecule has 0 atom stereocenters. The molecule has 0 bridgehead atoms. The van der Waals surface area contributed by atoms with Crippen LogP contribution in [0.4, 0.5) is 8.78 Å². The van der Waals surface area contributed by atoms with Gasteiger partial charge in [0.25, 0.3) is 0 Å². The van der Waals surface area contributed by atoms with Crippen LogP contribution in [0.3, 0.4) is 0 Å². The zero-order valence-electron chi connectivity index (χ0n) is 16.1. The van der Waals surface area contributed by atoms with Gasteiger partial charge in [0.05, 0.1) is 11.6 Å². The summed E-state index contributed by atoms with van der Waals surface area (Å²) in [4.78, 5) is 14.0. The summed E-state index contributed by atoms with van der Waals surface area (Å²) in [5.74, 6) is -1.68. The number of sulfonamides is 1. The van der Waals surface area contributed by atoms with Crippen LogP contribution in [-0.2, 0) is 14.8 Å². The van der Waals surface area contributed by atoms with Crippen molar-refractivity contribution in [3.8, 4) is 5.75 Å². The molecule has 0 saturated carbocycles. The lowest BCUT2D eigenvalue weighted by molar-refractivity contribution is -0.132. The fourth-order valence-electron chi connectivity index (χ4n) is 3.13. The Morgan fingerprint density at radius 2 is 1.77 bits per heavy atom. The molecule has 10 heteroatoms. The van der Waals surface area contributed by atoms with E-state index in [0.717, 1.165) is 12.1 Å². The van der Waals surface area contributed by atoms with Gasteiger partial charge < -0.3 is 9.64 Å². The fraction of sp³-hybridized carbons (Fsp3) is 0.350. The average molecular weight is 459 g/mol. The topological polar surface area (TPSA) is 66.9 Å². The Bertz CT molecular complexity index is 1010. The third-order valence-corrected chi connectivity index (χ3v) is 7.13. The first-order chi connectivity index (χ1) is 14.3. The van der Waals surface area contributed by atoms with E-state index in [1.54, 1.807) is 17.0 Å². The van der Waals surface area contributed by atoms with E-state index in [-0.39, 0.29) is 60.8 Å². The van der Waals surface area contributed by atoms with E-state index < -0.39 is 21.7 Å². The van der Waals surface area contributed by atoms with E-state index in [2.05, 4.69) is 0 Å². The summed E-state index contributed by atoms with van der Waals surface area (Å²) in [6.45, 7) is 1.01. The summed E-state index contributed by atoms with van der Waals surface area (Å²) in [5, 5.41) is 0.161. The minimum atomic E-state index is -3.72. The minimum absolute atomic E-state index is 0.0524. The van der Waals surface area contributed by atoms with E-state index in [0.29, 0.717) is 6.42 Å². The molecule has 0 N–H and O–H groups in total. The first-order valence-corrected chi connectivity index (χ1v) is 11.2. The van der Waals surface area contributed by atoms with E-state index in [1.165, 1.54) is 22.5 Å². The molecule has 2 aromatic rings. The van der Waals surface area contributed by atoms with Gasteiger partial charge in [-0.3, -0.25) is 4.79 Å². The fourth-order valence-corrected chi connectivity index (χ4v) is 5.04. The molecule has 1 saturated heterocycles. The molecule has 0 radical (unpaired) electrons. The van der Waals surface area contributed by atoms with E-state index in [1.807, 2.05) is 0 Å². The molecule has 3 rings (SSSR count). The first-order valence-electron chi connectivity index (χ1n) is 9.39. The molecule has 2 aromatic carbocycles. The van der Waals surface area contributed by atoms with Gasteiger partial charge in [-0.1, -0.05) is 23.7 Å². The molecule has 1 heterocycles. The highest BCUT2D eigenvalue weighted by molar-refractivity contribution is 7.89. The highest BCUT2D eigenvalue weighted by Crippen LogP contribution is 2.25. The summed E-state index contributed by atoms with van der Waals surface area (Å²) in [5.41, 5.74) is 0. The van der Waals surface area contributed by atoms with Crippen molar-refractivity contribution in [2.45, 2.75) is 17.7 Å². The second-order valence-electron chi connectivity index (χ2n) is 6.74. The number of ether oxygens (including phenoxy) is 1. The van der Waals surface area contributed by atoms with Gasteiger partial charge in [0.2, 0.25) is 15.9 Å². The minimum Gasteiger partial charge on any atom is -0.491 e. The predicted molar refractivity (Wildman–Crippen MR) is 108 cm³/mol. The summed E-state index contributed by atoms with van der Waals surface area (Å²) in [6.07, 6.45) is 0.536. The summed E-state index contributed by atoms with van der Waals surface area (Å²) in [7, 11) is -3.72. The van der Waals surface area contributed by atoms with Crippen LogP contribution in [0.2, 0.25) is 5.02 Å². The monoisotopic (exact) mass is 458 g/mol. The van der Waals surface area contributed by atoms with Gasteiger partial charge in [-0.05, 0) is 30.7 Å². The molecule has 0 aliphatic carbocycles. The smallest absolute Gasteiger partial charge is 0.244 e. The summed E-state index contributed by atoms with van der Waals surface area (Å²) >= 11 is 6.02. The van der Waals surface area contributed by atoms with E-state index in [4.69, 9.17) is 16.3 Å². The maximum Gasteiger partial charge on any atom is 0.244 e. The number of rotatable bonds is 7. The van der Waals surface area contributed by atoms with Crippen LogP contribution in [0.15, 0.2) is 47.4 Å². The number of nitrogens with zero attached hydrogens (tertiary/aromatic N) is 2. The Balaban J connectivity index is 1.45. The molecular weight excluding hydrogens is 438 g/mol. The van der Waals surface area contributed by atoms with E-state index in [9.17, 15) is 22.0 Å². The quantitative estimate of drug-likeness (QED) is 0.597. The zero-order valence-corrected chi connectivity index (χ0v) is 17.6. The molecule has 6 nitrogen and oxygen atoms in total. The van der Waals surface area contributed by atoms with Crippen LogP contribution in [0.25, 0.3) is 0 Å². The molecule has 0 spiro atoms. The standard InChI is InChI=1S/C20H21ClF2N2O4S/c21-16-4-1-2-5-19(16)30(27,28)25-11-9-24(10-12-25)20(26)6-3-13-29-18-8-7-15(22)14-17(18)23/h1-2,4-5,7-8,14H,3,6,9-13H2. The van der Waals surface area contributed by atoms with Gasteiger partial charge in [0.15, 0.2) is 11.6 Å². The normalized spacial score (nSPS) is 15.2. The second kappa shape index (κ2) is 9.72. The molecule has 0 aromatic heterocycles. The Morgan fingerprint density at radius 1 is 1.07 bits per heavy atom. The molecule has 162 valence electrons. The number of piperazine rings is 1. The highest BCUT2D eigenvalue weighted by atomic mass is 35.5. The van der Waals surface area contributed by atoms with Crippen molar-refractivity contribution in [3.05, 3.63) is 59.1 Å². The third-order valence-electron chi connectivity index (χ3n) is 4.73. The molecule has 30 heavy (non-hydrogen) atoms. The number of benzene rings is 2. The van der Waals surface area contributed by atoms with Crippen LogP contribution in [-0.4, -0.2) is 56.3 Å². The Morgan fingerprint density at radius 3 is 2.43 bits per heavy atom. The number of carbonyl (C=O) groups is 1. The van der Waals surface area contributed by atoms with Crippen molar-refractivity contribution < 1.29 is 26.7 Å². The lowest BCUT2D eigenvalue weighted by Crippen LogP contribution is -2.50. The van der Waals surface area contributed by atoms with Crippen LogP contribution in [0.1, 0.15) is 12.8 Å². The Hall–Kier alpha value is -2.23. The van der Waals surface area contributed by atoms with Crippen LogP contribution < -0.4 is 4.74 Å². The van der Waals surface area contributed by atoms with Gasteiger partial charge in [0.1, 0.15) is 10.7 Å². The maximum atomic E-state index is 13.5. The Kier molecular flexibility index (Phi) is 7.27. The molecule has 1 fully saturated rings. The highest BCUT2D eigenvalue weighted by Gasteiger charge is 2.31. The molecule has 1 amide bonds. The van der Waals surface area contributed by atoms with Gasteiger partial charge in [0, 0.05) is 38.7 Å². The molecule has 0 unspecified atom stereocenters. The largest absolute Gasteiger partial charge is 0.491 e. The number of hydrogen-bond acceptors (Lipinski definition) is 4. The lowest BCUT2D eigenvalue weighted by Gasteiger charge is -2.34. The lowest BCUT2D eigenvalue weighted by atomic mass is 10.2. The zero-order chi connectivity index (χ0) is 21.7. The number of carbonyl (C=O) groups excluding carboxylic acids is 1. The van der Waals surface area contributed by atoms with Crippen molar-refractivity contribution >= 4 is 27.5 Å². The number of amides is 1. The van der Waals surface area contributed by atoms with Gasteiger partial charge in [-0.15, -0.1) is 0 Å². The summed E-state index contributed by atoms with van der Waals surface area (Å²) in [6, 6.07) is 9.28. The Labute approximate surface area is 179 Å². The van der Waals surface area contributed by atoms with Gasteiger partial charge in [-0.25, -0.2) is 17.2 Å². The molecule has 1 aliphatic rings. The second-order valence-corrected chi connectivity index (χ2v) is 9.06. The molecular formula is C20H21ClF2N2O4S.